The Morgan fingerprint density at radius 2 is 2.06 bits per heavy atom. The van der Waals surface area contributed by atoms with Gasteiger partial charge in [0.25, 0.3) is 0 Å². The summed E-state index contributed by atoms with van der Waals surface area (Å²) < 4.78 is 0. The van der Waals surface area contributed by atoms with Crippen molar-refractivity contribution in [3.8, 4) is 0 Å². The van der Waals surface area contributed by atoms with Gasteiger partial charge in [-0.3, -0.25) is 0 Å². The zero-order valence-electron chi connectivity index (χ0n) is 10.6. The molecule has 0 amide bonds. The summed E-state index contributed by atoms with van der Waals surface area (Å²) in [6.07, 6.45) is 3.84. The lowest BCUT2D eigenvalue weighted by atomic mass is 10.0. The monoisotopic (exact) mass is 249 g/mol. The number of aryl methyl sites for hydroxylation is 1. The first-order valence-electron chi connectivity index (χ1n) is 6.30. The number of nitrogens with one attached hydrogen (secondary N) is 1. The van der Waals surface area contributed by atoms with E-state index in [-0.39, 0.29) is 5.56 Å². The Hall–Kier alpha value is -1.55. The van der Waals surface area contributed by atoms with Crippen LogP contribution in [0.3, 0.4) is 0 Å². The van der Waals surface area contributed by atoms with Gasteiger partial charge in [0.1, 0.15) is 0 Å². The number of carboxylic acid groups (broad SMARTS) is 1. The summed E-state index contributed by atoms with van der Waals surface area (Å²) >= 11 is 0. The zero-order valence-corrected chi connectivity index (χ0v) is 10.6. The molecular weight excluding hydrogens is 230 g/mol. The molecule has 0 heterocycles. The van der Waals surface area contributed by atoms with Gasteiger partial charge < -0.3 is 15.5 Å². The molecule has 1 fully saturated rings. The third-order valence-corrected chi connectivity index (χ3v) is 3.62. The molecule has 1 aliphatic carbocycles. The summed E-state index contributed by atoms with van der Waals surface area (Å²) in [4.78, 5) is 10.8. The number of aromatic carboxylic acids is 1. The van der Waals surface area contributed by atoms with E-state index in [9.17, 15) is 9.90 Å². The van der Waals surface area contributed by atoms with Crippen molar-refractivity contribution in [3.63, 3.8) is 0 Å². The average molecular weight is 249 g/mol. The summed E-state index contributed by atoms with van der Waals surface area (Å²) in [5.74, 6) is -0.918. The average Bonchev–Trinajstić information content (AvgIpc) is 2.75. The lowest BCUT2D eigenvalue weighted by Crippen LogP contribution is -2.33. The van der Waals surface area contributed by atoms with E-state index in [0.717, 1.165) is 36.9 Å². The van der Waals surface area contributed by atoms with Crippen molar-refractivity contribution in [2.75, 3.05) is 11.9 Å². The third kappa shape index (κ3) is 2.82. The highest BCUT2D eigenvalue weighted by Gasteiger charge is 2.30. The van der Waals surface area contributed by atoms with Crippen molar-refractivity contribution >= 4 is 11.7 Å². The summed E-state index contributed by atoms with van der Waals surface area (Å²) in [6, 6.07) is 4.98. The lowest BCUT2D eigenvalue weighted by Gasteiger charge is -2.23. The topological polar surface area (TPSA) is 69.6 Å². The van der Waals surface area contributed by atoms with Crippen LogP contribution in [-0.2, 0) is 0 Å². The van der Waals surface area contributed by atoms with Crippen LogP contribution in [0.25, 0.3) is 0 Å². The number of carbonyl (C=O) groups is 1. The number of aliphatic hydroxyl groups is 1. The van der Waals surface area contributed by atoms with Crippen molar-refractivity contribution in [2.45, 2.75) is 38.2 Å². The van der Waals surface area contributed by atoms with Crippen LogP contribution in [-0.4, -0.2) is 28.3 Å². The van der Waals surface area contributed by atoms with Crippen LogP contribution in [0, 0.1) is 6.92 Å². The molecule has 0 aromatic heterocycles. The molecule has 4 heteroatoms. The summed E-state index contributed by atoms with van der Waals surface area (Å²) in [5, 5.41) is 22.3. The maximum atomic E-state index is 10.8. The predicted octanol–water partition coefficient (Wildman–Crippen LogP) is 2.41. The fourth-order valence-electron chi connectivity index (χ4n) is 2.46. The van der Waals surface area contributed by atoms with Crippen LogP contribution in [0.5, 0.6) is 0 Å². The van der Waals surface area contributed by atoms with E-state index in [1.54, 1.807) is 18.2 Å². The minimum atomic E-state index is -0.918. The van der Waals surface area contributed by atoms with Crippen LogP contribution < -0.4 is 5.32 Å². The number of anilines is 1. The summed E-state index contributed by atoms with van der Waals surface area (Å²) in [5.41, 5.74) is 1.47. The van der Waals surface area contributed by atoms with Gasteiger partial charge in [0.05, 0.1) is 11.2 Å². The van der Waals surface area contributed by atoms with Crippen LogP contribution in [0.1, 0.15) is 41.6 Å². The quantitative estimate of drug-likeness (QED) is 0.766. The maximum absolute atomic E-state index is 10.8. The molecule has 2 rings (SSSR count). The molecule has 3 N–H and O–H groups in total. The molecule has 4 nitrogen and oxygen atoms in total. The fourth-order valence-corrected chi connectivity index (χ4v) is 2.46. The Balaban J connectivity index is 2.03. The van der Waals surface area contributed by atoms with Gasteiger partial charge in [-0.05, 0) is 43.5 Å². The Morgan fingerprint density at radius 1 is 1.39 bits per heavy atom. The molecule has 0 spiro atoms. The van der Waals surface area contributed by atoms with Crippen LogP contribution >= 0.6 is 0 Å². The number of hydrogen-bond acceptors (Lipinski definition) is 3. The highest BCUT2D eigenvalue weighted by Crippen LogP contribution is 2.30. The van der Waals surface area contributed by atoms with Gasteiger partial charge >= 0.3 is 5.97 Å². The highest BCUT2D eigenvalue weighted by atomic mass is 16.4. The third-order valence-electron chi connectivity index (χ3n) is 3.62. The van der Waals surface area contributed by atoms with E-state index in [1.807, 2.05) is 6.92 Å². The van der Waals surface area contributed by atoms with Gasteiger partial charge in [0.2, 0.25) is 0 Å². The standard InChI is InChI=1S/C14H19NO3/c1-10-8-11(13(16)17)4-5-12(10)15-9-14(18)6-2-3-7-14/h4-5,8,15,18H,2-3,6-7,9H2,1H3,(H,16,17). The van der Waals surface area contributed by atoms with E-state index in [1.165, 1.54) is 0 Å². The number of benzene rings is 1. The van der Waals surface area contributed by atoms with Gasteiger partial charge in [-0.2, -0.15) is 0 Å². The van der Waals surface area contributed by atoms with Crippen molar-refractivity contribution in [1.82, 2.24) is 0 Å². The molecule has 0 aliphatic heterocycles. The molecule has 1 saturated carbocycles. The molecule has 18 heavy (non-hydrogen) atoms. The second-order valence-corrected chi connectivity index (χ2v) is 5.12. The Labute approximate surface area is 107 Å². The van der Waals surface area contributed by atoms with E-state index < -0.39 is 11.6 Å². The SMILES string of the molecule is Cc1cc(C(=O)O)ccc1NCC1(O)CCCC1. The smallest absolute Gasteiger partial charge is 0.335 e. The Kier molecular flexibility index (Phi) is 3.57. The first-order valence-corrected chi connectivity index (χ1v) is 6.30. The van der Waals surface area contributed by atoms with Gasteiger partial charge in [-0.15, -0.1) is 0 Å². The van der Waals surface area contributed by atoms with E-state index in [4.69, 9.17) is 5.11 Å². The Bertz CT molecular complexity index is 450. The molecule has 0 atom stereocenters. The first kappa shape index (κ1) is 12.9. The number of carboxylic acids is 1. The number of hydrogen-bond donors (Lipinski definition) is 3. The van der Waals surface area contributed by atoms with E-state index in [0.29, 0.717) is 6.54 Å². The normalized spacial score (nSPS) is 17.7. The molecule has 0 radical (unpaired) electrons. The second kappa shape index (κ2) is 4.98. The van der Waals surface area contributed by atoms with Crippen molar-refractivity contribution < 1.29 is 15.0 Å². The highest BCUT2D eigenvalue weighted by molar-refractivity contribution is 5.88. The van der Waals surface area contributed by atoms with E-state index >= 15 is 0 Å². The van der Waals surface area contributed by atoms with Crippen LogP contribution in [0.15, 0.2) is 18.2 Å². The van der Waals surface area contributed by atoms with Crippen LogP contribution in [0.4, 0.5) is 5.69 Å². The summed E-state index contributed by atoms with van der Waals surface area (Å²) in [6.45, 7) is 2.40. The molecule has 0 unspecified atom stereocenters. The second-order valence-electron chi connectivity index (χ2n) is 5.12. The molecular formula is C14H19NO3. The Morgan fingerprint density at radius 3 is 2.61 bits per heavy atom. The molecule has 1 aromatic rings. The minimum absolute atomic E-state index is 0.289. The van der Waals surface area contributed by atoms with Gasteiger partial charge in [-0.1, -0.05) is 12.8 Å². The maximum Gasteiger partial charge on any atom is 0.335 e. The van der Waals surface area contributed by atoms with Gasteiger partial charge in [0.15, 0.2) is 0 Å². The van der Waals surface area contributed by atoms with Crippen molar-refractivity contribution in [1.29, 1.82) is 0 Å². The van der Waals surface area contributed by atoms with Crippen molar-refractivity contribution in [2.24, 2.45) is 0 Å². The molecule has 98 valence electrons. The first-order chi connectivity index (χ1) is 8.50. The van der Waals surface area contributed by atoms with E-state index in [2.05, 4.69) is 5.32 Å². The molecule has 1 aromatic carbocycles. The fraction of sp³-hybridized carbons (Fsp3) is 0.500. The largest absolute Gasteiger partial charge is 0.478 e. The lowest BCUT2D eigenvalue weighted by molar-refractivity contribution is 0.0614. The van der Waals surface area contributed by atoms with Crippen LogP contribution in [0.2, 0.25) is 0 Å². The zero-order chi connectivity index (χ0) is 13.2. The van der Waals surface area contributed by atoms with Gasteiger partial charge in [0, 0.05) is 12.2 Å². The minimum Gasteiger partial charge on any atom is -0.478 e. The van der Waals surface area contributed by atoms with Gasteiger partial charge in [-0.25, -0.2) is 4.79 Å². The molecule has 0 saturated heterocycles. The molecule has 0 bridgehead atoms. The predicted molar refractivity (Wildman–Crippen MR) is 70.0 cm³/mol. The summed E-state index contributed by atoms with van der Waals surface area (Å²) in [7, 11) is 0. The number of rotatable bonds is 4. The molecule has 1 aliphatic rings. The van der Waals surface area contributed by atoms with Crippen molar-refractivity contribution in [3.05, 3.63) is 29.3 Å².